The number of aromatic amines is 1. The van der Waals surface area contributed by atoms with E-state index in [0.29, 0.717) is 22.2 Å². The number of nitrogens with zero attached hydrogens (tertiary/aromatic N) is 2. The lowest BCUT2D eigenvalue weighted by Gasteiger charge is -1.97. The summed E-state index contributed by atoms with van der Waals surface area (Å²) in [5.74, 6) is -0.738. The monoisotopic (exact) mass is 348 g/mol. The molecule has 3 aromatic heterocycles. The molecule has 1 amide bonds. The van der Waals surface area contributed by atoms with Crippen LogP contribution in [-0.2, 0) is 4.74 Å². The maximum atomic E-state index is 12.0. The molecule has 2 N–H and O–H groups in total. The number of ether oxygens (including phenoxy) is 1. The van der Waals surface area contributed by atoms with E-state index in [1.165, 1.54) is 30.0 Å². The van der Waals surface area contributed by atoms with Gasteiger partial charge < -0.3 is 9.72 Å². The van der Waals surface area contributed by atoms with Crippen molar-refractivity contribution < 1.29 is 14.3 Å². The van der Waals surface area contributed by atoms with Crippen molar-refractivity contribution in [3.05, 3.63) is 40.0 Å². The minimum atomic E-state index is -0.445. The van der Waals surface area contributed by atoms with Crippen LogP contribution in [0.5, 0.6) is 0 Å². The zero-order valence-corrected chi connectivity index (χ0v) is 13.9. The Morgan fingerprint density at radius 3 is 2.87 bits per heavy atom. The molecule has 0 unspecified atom stereocenters. The molecular weight excluding hydrogens is 336 g/mol. The number of hydrogen-bond acceptors (Lipinski definition) is 7. The van der Waals surface area contributed by atoms with Crippen molar-refractivity contribution in [3.8, 4) is 11.3 Å². The fourth-order valence-corrected chi connectivity index (χ4v) is 3.13. The number of aryl methyl sites for hydroxylation is 1. The van der Waals surface area contributed by atoms with Crippen LogP contribution in [-0.4, -0.2) is 33.3 Å². The van der Waals surface area contributed by atoms with Gasteiger partial charge in [-0.2, -0.15) is 4.37 Å². The molecule has 0 saturated heterocycles. The first kappa shape index (κ1) is 15.4. The summed E-state index contributed by atoms with van der Waals surface area (Å²) < 4.78 is 8.70. The van der Waals surface area contributed by atoms with Gasteiger partial charge in [0.15, 0.2) is 5.13 Å². The number of anilines is 1. The zero-order valence-electron chi connectivity index (χ0n) is 12.2. The first-order chi connectivity index (χ1) is 11.1. The van der Waals surface area contributed by atoms with E-state index in [1.54, 1.807) is 23.7 Å². The van der Waals surface area contributed by atoms with E-state index < -0.39 is 5.97 Å². The molecule has 3 heterocycles. The molecule has 23 heavy (non-hydrogen) atoms. The first-order valence-corrected chi connectivity index (χ1v) is 8.19. The third kappa shape index (κ3) is 3.30. The number of methoxy groups -OCH3 is 1. The van der Waals surface area contributed by atoms with Crippen molar-refractivity contribution in [1.82, 2.24) is 14.3 Å². The molecule has 7 nitrogen and oxygen atoms in total. The van der Waals surface area contributed by atoms with Crippen LogP contribution in [0.1, 0.15) is 25.9 Å². The third-order valence-electron chi connectivity index (χ3n) is 2.97. The van der Waals surface area contributed by atoms with Gasteiger partial charge in [0.2, 0.25) is 0 Å². The quantitative estimate of drug-likeness (QED) is 0.707. The van der Waals surface area contributed by atoms with Crippen molar-refractivity contribution in [1.29, 1.82) is 0 Å². The number of carbonyl (C=O) groups excluding carboxylic acids is 2. The van der Waals surface area contributed by atoms with Crippen molar-refractivity contribution in [2.75, 3.05) is 12.4 Å². The summed E-state index contributed by atoms with van der Waals surface area (Å²) in [5.41, 5.74) is 2.12. The number of rotatable bonds is 4. The molecule has 0 saturated carbocycles. The first-order valence-electron chi connectivity index (χ1n) is 6.54. The Morgan fingerprint density at radius 1 is 1.35 bits per heavy atom. The summed E-state index contributed by atoms with van der Waals surface area (Å²) in [7, 11) is 1.32. The summed E-state index contributed by atoms with van der Waals surface area (Å²) in [6.45, 7) is 1.89. The maximum Gasteiger partial charge on any atom is 0.354 e. The smallest absolute Gasteiger partial charge is 0.354 e. The van der Waals surface area contributed by atoms with Gasteiger partial charge in [-0.15, -0.1) is 11.3 Å². The third-order valence-corrected chi connectivity index (χ3v) is 4.42. The molecule has 0 bridgehead atoms. The minimum absolute atomic E-state index is 0.292. The summed E-state index contributed by atoms with van der Waals surface area (Å²) in [5, 5.41) is 4.98. The predicted molar refractivity (Wildman–Crippen MR) is 88.0 cm³/mol. The lowest BCUT2D eigenvalue weighted by Crippen LogP contribution is -2.11. The second-order valence-electron chi connectivity index (χ2n) is 4.61. The Bertz CT molecular complexity index is 865. The molecule has 0 aliphatic carbocycles. The molecule has 0 radical (unpaired) electrons. The minimum Gasteiger partial charge on any atom is -0.464 e. The Balaban J connectivity index is 1.74. The van der Waals surface area contributed by atoms with Crippen LogP contribution in [0, 0.1) is 6.92 Å². The SMILES string of the molecule is COC(=O)c1cc(-c2csc(NC(=O)c3cc(C)sn3)n2)c[nH]1. The number of H-pyrrole nitrogens is 1. The highest BCUT2D eigenvalue weighted by atomic mass is 32.1. The van der Waals surface area contributed by atoms with Gasteiger partial charge in [0.25, 0.3) is 5.91 Å². The average molecular weight is 348 g/mol. The van der Waals surface area contributed by atoms with Gasteiger partial charge in [0, 0.05) is 22.0 Å². The van der Waals surface area contributed by atoms with E-state index in [2.05, 4.69) is 24.4 Å². The molecule has 0 atom stereocenters. The van der Waals surface area contributed by atoms with Crippen LogP contribution < -0.4 is 5.32 Å². The topological polar surface area (TPSA) is 97.0 Å². The van der Waals surface area contributed by atoms with Gasteiger partial charge in [0.1, 0.15) is 11.4 Å². The molecular formula is C14H12N4O3S2. The summed E-state index contributed by atoms with van der Waals surface area (Å²) >= 11 is 2.58. The van der Waals surface area contributed by atoms with Crippen LogP contribution in [0.3, 0.4) is 0 Å². The number of thiazole rings is 1. The van der Waals surface area contributed by atoms with Gasteiger partial charge >= 0.3 is 5.97 Å². The number of aromatic nitrogens is 3. The zero-order chi connectivity index (χ0) is 16.4. The highest BCUT2D eigenvalue weighted by molar-refractivity contribution is 7.14. The molecule has 3 aromatic rings. The number of esters is 1. The molecule has 0 spiro atoms. The Hall–Kier alpha value is -2.52. The fourth-order valence-electron chi connectivity index (χ4n) is 1.87. The highest BCUT2D eigenvalue weighted by Gasteiger charge is 2.14. The molecule has 0 aliphatic heterocycles. The van der Waals surface area contributed by atoms with E-state index in [-0.39, 0.29) is 5.91 Å². The highest BCUT2D eigenvalue weighted by Crippen LogP contribution is 2.26. The van der Waals surface area contributed by atoms with Crippen LogP contribution in [0.25, 0.3) is 11.3 Å². The Kier molecular flexibility index (Phi) is 4.22. The van der Waals surface area contributed by atoms with Crippen LogP contribution in [0.4, 0.5) is 5.13 Å². The van der Waals surface area contributed by atoms with E-state index in [9.17, 15) is 9.59 Å². The van der Waals surface area contributed by atoms with E-state index in [0.717, 1.165) is 10.4 Å². The van der Waals surface area contributed by atoms with Gasteiger partial charge in [-0.1, -0.05) is 0 Å². The Labute approximate surface area is 139 Å². The molecule has 3 rings (SSSR count). The van der Waals surface area contributed by atoms with Gasteiger partial charge in [-0.05, 0) is 30.6 Å². The predicted octanol–water partition coefficient (Wildman–Crippen LogP) is 2.94. The van der Waals surface area contributed by atoms with E-state index >= 15 is 0 Å². The molecule has 118 valence electrons. The molecule has 0 fully saturated rings. The van der Waals surface area contributed by atoms with E-state index in [1.807, 2.05) is 6.92 Å². The molecule has 0 aliphatic rings. The van der Waals surface area contributed by atoms with Crippen LogP contribution in [0.2, 0.25) is 0 Å². The van der Waals surface area contributed by atoms with Gasteiger partial charge in [0.05, 0.1) is 12.8 Å². The number of nitrogens with one attached hydrogen (secondary N) is 2. The average Bonchev–Trinajstić information content (AvgIpc) is 3.25. The van der Waals surface area contributed by atoms with Crippen LogP contribution >= 0.6 is 22.9 Å². The van der Waals surface area contributed by atoms with Crippen molar-refractivity contribution in [3.63, 3.8) is 0 Å². The number of hydrogen-bond donors (Lipinski definition) is 2. The summed E-state index contributed by atoms with van der Waals surface area (Å²) in [6.07, 6.45) is 1.66. The fraction of sp³-hybridized carbons (Fsp3) is 0.143. The van der Waals surface area contributed by atoms with Crippen molar-refractivity contribution in [2.45, 2.75) is 6.92 Å². The Morgan fingerprint density at radius 2 is 2.17 bits per heavy atom. The number of amides is 1. The van der Waals surface area contributed by atoms with E-state index in [4.69, 9.17) is 0 Å². The lowest BCUT2D eigenvalue weighted by atomic mass is 10.2. The molecule has 0 aromatic carbocycles. The van der Waals surface area contributed by atoms with Gasteiger partial charge in [-0.3, -0.25) is 10.1 Å². The summed E-state index contributed by atoms with van der Waals surface area (Å²) in [4.78, 5) is 31.6. The second kappa shape index (κ2) is 6.31. The van der Waals surface area contributed by atoms with Crippen LogP contribution in [0.15, 0.2) is 23.7 Å². The van der Waals surface area contributed by atoms with Gasteiger partial charge in [-0.25, -0.2) is 9.78 Å². The lowest BCUT2D eigenvalue weighted by molar-refractivity contribution is 0.0594. The second-order valence-corrected chi connectivity index (χ2v) is 6.48. The summed E-state index contributed by atoms with van der Waals surface area (Å²) in [6, 6.07) is 3.37. The van der Waals surface area contributed by atoms with Crippen molar-refractivity contribution in [2.24, 2.45) is 0 Å². The standard InChI is InChI=1S/C14H12N4O3S2/c1-7-3-9(18-23-7)12(19)17-14-16-11(6-22-14)8-4-10(15-5-8)13(20)21-2/h3-6,15H,1-2H3,(H,16,17,19). The normalized spacial score (nSPS) is 10.5. The largest absolute Gasteiger partial charge is 0.464 e. The van der Waals surface area contributed by atoms with Crippen molar-refractivity contribution >= 4 is 39.9 Å². The molecule has 9 heteroatoms. The maximum absolute atomic E-state index is 12.0. The number of carbonyl (C=O) groups is 2.